The van der Waals surface area contributed by atoms with Crippen LogP contribution in [0.1, 0.15) is 30.1 Å². The second-order valence-electron chi connectivity index (χ2n) is 4.63. The van der Waals surface area contributed by atoms with E-state index >= 15 is 0 Å². The number of nitrogens with one attached hydrogen (secondary N) is 1. The number of phenolic OH excluding ortho intramolecular Hbond substituents is 1. The number of hydrogen-bond donors (Lipinski definition) is 2. The lowest BCUT2D eigenvalue weighted by molar-refractivity contribution is -0.00646. The molecule has 0 aromatic heterocycles. The maximum atomic E-state index is 9.52. The highest BCUT2D eigenvalue weighted by molar-refractivity contribution is 5.38. The van der Waals surface area contributed by atoms with Crippen molar-refractivity contribution < 1.29 is 9.84 Å². The molecule has 2 unspecified atom stereocenters. The van der Waals surface area contributed by atoms with Crippen LogP contribution in [0.4, 0.5) is 0 Å². The average Bonchev–Trinajstić information content (AvgIpc) is 2.47. The van der Waals surface area contributed by atoms with E-state index in [1.165, 1.54) is 11.1 Å². The zero-order valence-corrected chi connectivity index (χ0v) is 9.28. The first kappa shape index (κ1) is 10.1. The fourth-order valence-electron chi connectivity index (χ4n) is 2.81. The standard InChI is InChI=1S/C13H17NO2/c15-10-4-5-11-9(8-10)2-1-3-12-13(11)16-7-6-14-12/h4-5,8,12-15H,1-3,6-7H2. The predicted octanol–water partition coefficient (Wildman–Crippen LogP) is 1.76. The highest BCUT2D eigenvalue weighted by atomic mass is 16.5. The lowest BCUT2D eigenvalue weighted by atomic mass is 9.97. The van der Waals surface area contributed by atoms with Crippen molar-refractivity contribution >= 4 is 0 Å². The van der Waals surface area contributed by atoms with Crippen LogP contribution < -0.4 is 5.32 Å². The van der Waals surface area contributed by atoms with E-state index in [1.807, 2.05) is 12.1 Å². The summed E-state index contributed by atoms with van der Waals surface area (Å²) in [6.07, 6.45) is 3.53. The quantitative estimate of drug-likeness (QED) is 0.698. The Morgan fingerprint density at radius 2 is 2.31 bits per heavy atom. The Kier molecular flexibility index (Phi) is 2.58. The summed E-state index contributed by atoms with van der Waals surface area (Å²) < 4.78 is 5.88. The largest absolute Gasteiger partial charge is 0.508 e. The molecule has 2 aliphatic rings. The minimum absolute atomic E-state index is 0.173. The number of aryl methyl sites for hydroxylation is 1. The normalized spacial score (nSPS) is 29.0. The number of hydrogen-bond acceptors (Lipinski definition) is 3. The molecule has 2 N–H and O–H groups in total. The summed E-state index contributed by atoms with van der Waals surface area (Å²) in [7, 11) is 0. The van der Waals surface area contributed by atoms with Gasteiger partial charge >= 0.3 is 0 Å². The van der Waals surface area contributed by atoms with Crippen LogP contribution in [0, 0.1) is 0 Å². The van der Waals surface area contributed by atoms with Gasteiger partial charge in [-0.3, -0.25) is 0 Å². The minimum atomic E-state index is 0.173. The van der Waals surface area contributed by atoms with Crippen LogP contribution in [0.25, 0.3) is 0 Å². The third-order valence-electron chi connectivity index (χ3n) is 3.57. The zero-order valence-electron chi connectivity index (χ0n) is 9.28. The van der Waals surface area contributed by atoms with E-state index in [0.717, 1.165) is 32.4 Å². The molecule has 86 valence electrons. The molecule has 1 fully saturated rings. The fourth-order valence-corrected chi connectivity index (χ4v) is 2.81. The van der Waals surface area contributed by atoms with Gasteiger partial charge in [0.15, 0.2) is 0 Å². The van der Waals surface area contributed by atoms with E-state index in [1.54, 1.807) is 6.07 Å². The third-order valence-corrected chi connectivity index (χ3v) is 3.57. The fraction of sp³-hybridized carbons (Fsp3) is 0.538. The number of morpholine rings is 1. The second kappa shape index (κ2) is 4.07. The highest BCUT2D eigenvalue weighted by Crippen LogP contribution is 2.34. The Labute approximate surface area is 95.4 Å². The van der Waals surface area contributed by atoms with E-state index in [2.05, 4.69) is 5.32 Å². The lowest BCUT2D eigenvalue weighted by Gasteiger charge is -2.32. The van der Waals surface area contributed by atoms with E-state index in [-0.39, 0.29) is 6.10 Å². The van der Waals surface area contributed by atoms with Gasteiger partial charge in [0.1, 0.15) is 5.75 Å². The molecule has 0 saturated carbocycles. The van der Waals surface area contributed by atoms with Crippen molar-refractivity contribution in [1.29, 1.82) is 0 Å². The summed E-state index contributed by atoms with van der Waals surface area (Å²) in [6, 6.07) is 6.11. The highest BCUT2D eigenvalue weighted by Gasteiger charge is 2.30. The molecule has 3 heteroatoms. The predicted molar refractivity (Wildman–Crippen MR) is 61.5 cm³/mol. The van der Waals surface area contributed by atoms with Gasteiger partial charge in [-0.25, -0.2) is 0 Å². The van der Waals surface area contributed by atoms with Crippen LogP contribution in [0.15, 0.2) is 18.2 Å². The van der Waals surface area contributed by atoms with Crippen molar-refractivity contribution in [2.24, 2.45) is 0 Å². The number of benzene rings is 1. The maximum Gasteiger partial charge on any atom is 0.115 e. The first-order valence-electron chi connectivity index (χ1n) is 6.01. The Hall–Kier alpha value is -1.06. The van der Waals surface area contributed by atoms with Crippen LogP contribution in [-0.2, 0) is 11.2 Å². The number of ether oxygens (including phenoxy) is 1. The van der Waals surface area contributed by atoms with E-state index in [4.69, 9.17) is 4.74 Å². The summed E-state index contributed by atoms with van der Waals surface area (Å²) in [5, 5.41) is 13.0. The molecule has 0 spiro atoms. The van der Waals surface area contributed by atoms with Crippen molar-refractivity contribution in [3.63, 3.8) is 0 Å². The van der Waals surface area contributed by atoms with Crippen molar-refractivity contribution in [3.05, 3.63) is 29.3 Å². The third kappa shape index (κ3) is 1.70. The van der Waals surface area contributed by atoms with Crippen LogP contribution >= 0.6 is 0 Å². The number of phenols is 1. The molecular weight excluding hydrogens is 202 g/mol. The van der Waals surface area contributed by atoms with Gasteiger partial charge in [0, 0.05) is 12.6 Å². The molecular formula is C13H17NO2. The Bertz CT molecular complexity index is 392. The smallest absolute Gasteiger partial charge is 0.115 e. The van der Waals surface area contributed by atoms with Crippen molar-refractivity contribution in [3.8, 4) is 5.75 Å². The minimum Gasteiger partial charge on any atom is -0.508 e. The van der Waals surface area contributed by atoms with Gasteiger partial charge in [0.25, 0.3) is 0 Å². The van der Waals surface area contributed by atoms with Gasteiger partial charge in [-0.05, 0) is 42.5 Å². The topological polar surface area (TPSA) is 41.5 Å². The Morgan fingerprint density at radius 3 is 3.25 bits per heavy atom. The number of aromatic hydroxyl groups is 1. The molecule has 0 radical (unpaired) electrons. The van der Waals surface area contributed by atoms with Crippen LogP contribution in [0.5, 0.6) is 5.75 Å². The average molecular weight is 219 g/mol. The molecule has 0 amide bonds. The van der Waals surface area contributed by atoms with Gasteiger partial charge in [-0.2, -0.15) is 0 Å². The van der Waals surface area contributed by atoms with Crippen molar-refractivity contribution in [2.75, 3.05) is 13.2 Å². The monoisotopic (exact) mass is 219 g/mol. The molecule has 3 nitrogen and oxygen atoms in total. The molecule has 1 heterocycles. The number of rotatable bonds is 0. The number of fused-ring (bicyclic) bond motifs is 3. The first-order valence-corrected chi connectivity index (χ1v) is 6.01. The molecule has 16 heavy (non-hydrogen) atoms. The van der Waals surface area contributed by atoms with Gasteiger partial charge in [-0.1, -0.05) is 6.07 Å². The maximum absolute atomic E-state index is 9.52. The Balaban J connectivity index is 2.00. The van der Waals surface area contributed by atoms with Gasteiger partial charge in [-0.15, -0.1) is 0 Å². The molecule has 1 aromatic rings. The molecule has 1 aliphatic carbocycles. The molecule has 1 aliphatic heterocycles. The first-order chi connectivity index (χ1) is 7.84. The van der Waals surface area contributed by atoms with Crippen LogP contribution in [-0.4, -0.2) is 24.3 Å². The van der Waals surface area contributed by atoms with Crippen molar-refractivity contribution in [1.82, 2.24) is 5.32 Å². The van der Waals surface area contributed by atoms with E-state index < -0.39 is 0 Å². The summed E-state index contributed by atoms with van der Waals surface area (Å²) in [5.41, 5.74) is 2.50. The van der Waals surface area contributed by atoms with Gasteiger partial charge in [0.2, 0.25) is 0 Å². The molecule has 3 rings (SSSR count). The van der Waals surface area contributed by atoms with Gasteiger partial charge < -0.3 is 15.2 Å². The van der Waals surface area contributed by atoms with E-state index in [0.29, 0.717) is 11.8 Å². The molecule has 1 saturated heterocycles. The Morgan fingerprint density at radius 1 is 1.38 bits per heavy atom. The summed E-state index contributed by atoms with van der Waals surface area (Å²) in [4.78, 5) is 0. The van der Waals surface area contributed by atoms with Crippen LogP contribution in [0.3, 0.4) is 0 Å². The summed E-state index contributed by atoms with van der Waals surface area (Å²) in [5.74, 6) is 0.362. The second-order valence-corrected chi connectivity index (χ2v) is 4.63. The lowest BCUT2D eigenvalue weighted by Crippen LogP contribution is -2.43. The zero-order chi connectivity index (χ0) is 11.0. The molecule has 1 aromatic carbocycles. The van der Waals surface area contributed by atoms with Crippen molar-refractivity contribution in [2.45, 2.75) is 31.4 Å². The van der Waals surface area contributed by atoms with Crippen LogP contribution in [0.2, 0.25) is 0 Å². The summed E-state index contributed by atoms with van der Waals surface area (Å²) in [6.45, 7) is 1.73. The molecule has 2 atom stereocenters. The summed E-state index contributed by atoms with van der Waals surface area (Å²) >= 11 is 0. The molecule has 0 bridgehead atoms. The van der Waals surface area contributed by atoms with Gasteiger partial charge in [0.05, 0.1) is 12.7 Å². The SMILES string of the molecule is Oc1ccc2c(c1)CCCC1NCCOC21. The van der Waals surface area contributed by atoms with E-state index in [9.17, 15) is 5.11 Å².